The molecule has 0 saturated carbocycles. The van der Waals surface area contributed by atoms with Crippen LogP contribution >= 0.6 is 0 Å². The Morgan fingerprint density at radius 3 is 1.95 bits per heavy atom. The van der Waals surface area contributed by atoms with Crippen LogP contribution in [0.1, 0.15) is 10.4 Å². The quantitative estimate of drug-likeness (QED) is 0.361. The summed E-state index contributed by atoms with van der Waals surface area (Å²) >= 11 is 0. The van der Waals surface area contributed by atoms with Gasteiger partial charge in [0.15, 0.2) is 16.4 Å². The van der Waals surface area contributed by atoms with E-state index < -0.39 is 15.6 Å². The number of hydrogen-bond donors (Lipinski definition) is 0. The second-order valence-electron chi connectivity index (χ2n) is 4.96. The number of halogens is 3. The van der Waals surface area contributed by atoms with E-state index >= 15 is 0 Å². The number of alkyl halides is 3. The Bertz CT molecular complexity index is 621. The van der Waals surface area contributed by atoms with Crippen molar-refractivity contribution in [1.82, 2.24) is 4.48 Å². The average molecular weight is 343 g/mol. The van der Waals surface area contributed by atoms with Gasteiger partial charge in [-0.1, -0.05) is 0 Å². The van der Waals surface area contributed by atoms with Gasteiger partial charge in [0.25, 0.3) is 0 Å². The summed E-state index contributed by atoms with van der Waals surface area (Å²) in [6.45, 7) is 0. The fourth-order valence-corrected chi connectivity index (χ4v) is 1.21. The van der Waals surface area contributed by atoms with Crippen molar-refractivity contribution < 1.29 is 35.7 Å². The van der Waals surface area contributed by atoms with E-state index in [9.17, 15) is 18.0 Å². The van der Waals surface area contributed by atoms with Crippen molar-refractivity contribution >= 4 is 22.1 Å². The number of methoxy groups -OCH3 is 1. The van der Waals surface area contributed by atoms with E-state index in [4.69, 9.17) is 17.7 Å². The van der Waals surface area contributed by atoms with E-state index in [1.54, 1.807) is 13.2 Å². The minimum Gasteiger partial charge on any atom is -0.741 e. The monoisotopic (exact) mass is 343 g/mol. The third-order valence-corrected chi connectivity index (χ3v) is 2.97. The van der Waals surface area contributed by atoms with E-state index in [0.29, 0.717) is 15.8 Å². The fourth-order valence-electron chi connectivity index (χ4n) is 1.21. The molecule has 0 saturated heterocycles. The number of carbonyl (C=O) groups excluding carboxylic acids is 1. The minimum atomic E-state index is -6.09. The lowest BCUT2D eigenvalue weighted by molar-refractivity contribution is -0.0517. The molecule has 0 aliphatic rings. The van der Waals surface area contributed by atoms with Gasteiger partial charge in [-0.3, -0.25) is 9.28 Å². The molecule has 0 aliphatic heterocycles. The lowest BCUT2D eigenvalue weighted by Crippen LogP contribution is -2.34. The minimum absolute atomic E-state index is 0.588. The Labute approximate surface area is 126 Å². The molecule has 0 heterocycles. The van der Waals surface area contributed by atoms with Crippen LogP contribution in [0.2, 0.25) is 0 Å². The number of carbonyl (C=O) groups is 1. The highest BCUT2D eigenvalue weighted by molar-refractivity contribution is 7.86. The smallest absolute Gasteiger partial charge is 0.485 e. The lowest BCUT2D eigenvalue weighted by atomic mass is 10.2. The van der Waals surface area contributed by atoms with Gasteiger partial charge in [-0.05, 0) is 6.07 Å². The van der Waals surface area contributed by atoms with Crippen molar-refractivity contribution in [2.45, 2.75) is 5.51 Å². The number of benzene rings is 1. The van der Waals surface area contributed by atoms with Crippen LogP contribution in [-0.4, -0.2) is 53.0 Å². The molecule has 0 unspecified atom stereocenters. The predicted octanol–water partition coefficient (Wildman–Crippen LogP) is 1.76. The van der Waals surface area contributed by atoms with E-state index in [-0.39, 0.29) is 0 Å². The normalized spacial score (nSPS) is 12.2. The molecule has 0 N–H and O–H groups in total. The van der Waals surface area contributed by atoms with Gasteiger partial charge in [-0.25, -0.2) is 8.42 Å². The topological polar surface area (TPSA) is 83.5 Å². The maximum Gasteiger partial charge on any atom is 0.485 e. The van der Waals surface area contributed by atoms with Crippen molar-refractivity contribution in [2.24, 2.45) is 0 Å². The van der Waals surface area contributed by atoms with Gasteiger partial charge >= 0.3 is 5.51 Å². The molecular weight excluding hydrogens is 327 g/mol. The Balaban J connectivity index is 0.000000472. The molecule has 0 spiro atoms. The summed E-state index contributed by atoms with van der Waals surface area (Å²) in [7, 11) is 1.68. The molecule has 0 amide bonds. The van der Waals surface area contributed by atoms with Crippen LogP contribution in [0.4, 0.5) is 18.9 Å². The SMILES string of the molecule is COc1cc([N+](C)(C)C)ccc1C=O.O=S(=O)([O-])C(F)(F)F. The molecule has 10 heteroatoms. The maximum absolute atomic E-state index is 10.7. The second kappa shape index (κ2) is 7.07. The van der Waals surface area contributed by atoms with Crippen LogP contribution in [0, 0.1) is 0 Å². The Kier molecular flexibility index (Phi) is 6.54. The first kappa shape index (κ1) is 20.3. The molecule has 0 aromatic heterocycles. The van der Waals surface area contributed by atoms with Crippen LogP contribution in [0.25, 0.3) is 0 Å². The number of rotatable bonds is 3. The summed E-state index contributed by atoms with van der Waals surface area (Å²) in [5, 5.41) is 0. The lowest BCUT2D eigenvalue weighted by Gasteiger charge is -2.23. The van der Waals surface area contributed by atoms with E-state index in [0.717, 1.165) is 12.0 Å². The van der Waals surface area contributed by atoms with Crippen molar-refractivity contribution in [3.8, 4) is 5.75 Å². The van der Waals surface area contributed by atoms with Crippen molar-refractivity contribution in [3.05, 3.63) is 23.8 Å². The van der Waals surface area contributed by atoms with Gasteiger partial charge in [-0.2, -0.15) is 13.2 Å². The highest BCUT2D eigenvalue weighted by atomic mass is 32.2. The van der Waals surface area contributed by atoms with Gasteiger partial charge in [0.1, 0.15) is 11.4 Å². The van der Waals surface area contributed by atoms with E-state index in [2.05, 4.69) is 21.1 Å². The summed E-state index contributed by atoms with van der Waals surface area (Å²) in [5.74, 6) is 0.630. The van der Waals surface area contributed by atoms with Crippen LogP contribution < -0.4 is 9.22 Å². The number of aldehydes is 1. The molecule has 0 radical (unpaired) electrons. The fraction of sp³-hybridized carbons (Fsp3) is 0.417. The molecule has 0 bridgehead atoms. The zero-order valence-electron chi connectivity index (χ0n) is 12.3. The van der Waals surface area contributed by atoms with Gasteiger partial charge in [0.05, 0.1) is 33.8 Å². The first-order valence-electron chi connectivity index (χ1n) is 5.71. The number of ether oxygens (including phenoxy) is 1. The largest absolute Gasteiger partial charge is 0.741 e. The van der Waals surface area contributed by atoms with Crippen molar-refractivity contribution in [1.29, 1.82) is 0 Å². The zero-order chi connectivity index (χ0) is 17.8. The second-order valence-corrected chi connectivity index (χ2v) is 6.33. The number of quaternary nitrogens is 1. The molecule has 0 fully saturated rings. The molecule has 6 nitrogen and oxygen atoms in total. The van der Waals surface area contributed by atoms with Gasteiger partial charge in [-0.15, -0.1) is 0 Å². The van der Waals surface area contributed by atoms with Crippen LogP contribution in [0.15, 0.2) is 18.2 Å². The van der Waals surface area contributed by atoms with Crippen LogP contribution in [0.3, 0.4) is 0 Å². The molecule has 22 heavy (non-hydrogen) atoms. The van der Waals surface area contributed by atoms with Crippen LogP contribution in [0.5, 0.6) is 5.75 Å². The molecule has 126 valence electrons. The summed E-state index contributed by atoms with van der Waals surface area (Å²) in [4.78, 5) is 10.7. The number of hydrogen-bond acceptors (Lipinski definition) is 5. The highest BCUT2D eigenvalue weighted by Crippen LogP contribution is 2.25. The van der Waals surface area contributed by atoms with Crippen LogP contribution in [-0.2, 0) is 10.1 Å². The Morgan fingerprint density at radius 1 is 1.23 bits per heavy atom. The maximum atomic E-state index is 10.7. The highest BCUT2D eigenvalue weighted by Gasteiger charge is 2.36. The number of nitrogens with zero attached hydrogens (tertiary/aromatic N) is 1. The van der Waals surface area contributed by atoms with E-state index in [1.165, 1.54) is 0 Å². The van der Waals surface area contributed by atoms with Gasteiger partial charge < -0.3 is 9.29 Å². The third-order valence-electron chi connectivity index (χ3n) is 2.40. The molecule has 0 atom stereocenters. The molecule has 1 rings (SSSR count). The van der Waals surface area contributed by atoms with Gasteiger partial charge in [0.2, 0.25) is 0 Å². The summed E-state index contributed by atoms with van der Waals surface area (Å²) in [6, 6.07) is 5.61. The summed E-state index contributed by atoms with van der Waals surface area (Å²) < 4.78 is 64.7. The zero-order valence-corrected chi connectivity index (χ0v) is 13.2. The Morgan fingerprint density at radius 2 is 1.68 bits per heavy atom. The average Bonchev–Trinajstić information content (AvgIpc) is 2.35. The summed E-state index contributed by atoms with van der Waals surface area (Å²) in [6.07, 6.45) is 0.804. The molecule has 0 aliphatic carbocycles. The standard InChI is InChI=1S/C11H16NO2.CHF3O3S/c1-12(2,3)10-6-5-9(8-13)11(7-10)14-4;2-1(3,4)8(5,6)7/h5-8H,1-4H3;(H,5,6,7)/q+1;/p-1. The van der Waals surface area contributed by atoms with Crippen molar-refractivity contribution in [2.75, 3.05) is 28.3 Å². The first-order chi connectivity index (χ1) is 9.74. The van der Waals surface area contributed by atoms with Gasteiger partial charge in [0, 0.05) is 12.1 Å². The Hall–Kier alpha value is -1.65. The van der Waals surface area contributed by atoms with E-state index in [1.807, 2.05) is 12.1 Å². The molecule has 1 aromatic rings. The third kappa shape index (κ3) is 6.00. The molecular formula is C12H16F3NO5S. The molecule has 1 aromatic carbocycles. The van der Waals surface area contributed by atoms with Crippen molar-refractivity contribution in [3.63, 3.8) is 0 Å². The predicted molar refractivity (Wildman–Crippen MR) is 73.7 cm³/mol. The summed E-state index contributed by atoms with van der Waals surface area (Å²) in [5.41, 5.74) is -3.95. The first-order valence-corrected chi connectivity index (χ1v) is 7.12.